The predicted octanol–water partition coefficient (Wildman–Crippen LogP) is 5.51. The van der Waals surface area contributed by atoms with Crippen LogP contribution < -0.4 is 10.3 Å². The molecule has 4 aromatic rings. The molecule has 2 heterocycles. The zero-order valence-electron chi connectivity index (χ0n) is 17.0. The molecule has 0 aliphatic carbocycles. The van der Waals surface area contributed by atoms with Crippen molar-refractivity contribution < 1.29 is 4.74 Å². The van der Waals surface area contributed by atoms with Gasteiger partial charge in [0.05, 0.1) is 12.8 Å². The Bertz CT molecular complexity index is 1340. The van der Waals surface area contributed by atoms with Crippen molar-refractivity contribution in [2.24, 2.45) is 0 Å². The minimum Gasteiger partial charge on any atom is -0.495 e. The summed E-state index contributed by atoms with van der Waals surface area (Å²) in [5.41, 5.74) is 2.36. The number of thioether (sulfide) groups is 1. The Morgan fingerprint density at radius 3 is 2.68 bits per heavy atom. The molecule has 0 spiro atoms. The van der Waals surface area contributed by atoms with Crippen LogP contribution in [0.2, 0.25) is 0 Å². The van der Waals surface area contributed by atoms with Gasteiger partial charge in [-0.3, -0.25) is 9.36 Å². The number of rotatable bonds is 8. The lowest BCUT2D eigenvalue weighted by molar-refractivity contribution is 0.411. The highest BCUT2D eigenvalue weighted by atomic mass is 32.2. The number of ether oxygens (including phenoxy) is 1. The minimum absolute atomic E-state index is 0.143. The maximum absolute atomic E-state index is 13.6. The number of aromatic nitrogens is 3. The lowest BCUT2D eigenvalue weighted by Gasteiger charge is -2.15. The maximum Gasteiger partial charge on any atom is 0.278 e. The van der Waals surface area contributed by atoms with Crippen molar-refractivity contribution in [1.82, 2.24) is 14.1 Å². The monoisotopic (exact) mass is 467 g/mol. The molecular formula is C23H21N3O2S3. The molecule has 0 bridgehead atoms. The summed E-state index contributed by atoms with van der Waals surface area (Å²) in [6.07, 6.45) is 2.61. The van der Waals surface area contributed by atoms with Gasteiger partial charge in [0, 0.05) is 12.3 Å². The van der Waals surface area contributed by atoms with E-state index in [0.29, 0.717) is 43.2 Å². The van der Waals surface area contributed by atoms with Gasteiger partial charge in [-0.1, -0.05) is 71.6 Å². The molecule has 0 aliphatic rings. The van der Waals surface area contributed by atoms with Gasteiger partial charge < -0.3 is 9.30 Å². The molecule has 0 aliphatic heterocycles. The van der Waals surface area contributed by atoms with E-state index >= 15 is 0 Å². The first-order chi connectivity index (χ1) is 15.1. The van der Waals surface area contributed by atoms with Crippen molar-refractivity contribution in [3.8, 4) is 11.4 Å². The van der Waals surface area contributed by atoms with E-state index in [1.54, 1.807) is 17.8 Å². The molecule has 158 valence electrons. The number of fused-ring (bicyclic) bond motifs is 1. The highest BCUT2D eigenvalue weighted by Gasteiger charge is 2.19. The molecule has 0 unspecified atom stereocenters. The summed E-state index contributed by atoms with van der Waals surface area (Å²) in [6.45, 7) is 4.47. The molecule has 8 heteroatoms. The fourth-order valence-corrected chi connectivity index (χ4v) is 5.36. The lowest BCUT2D eigenvalue weighted by Crippen LogP contribution is -2.22. The molecule has 0 amide bonds. The predicted molar refractivity (Wildman–Crippen MR) is 132 cm³/mol. The smallest absolute Gasteiger partial charge is 0.278 e. The van der Waals surface area contributed by atoms with E-state index in [2.05, 4.69) is 18.7 Å². The Morgan fingerprint density at radius 2 is 1.94 bits per heavy atom. The standard InChI is InChI=1S/C23H21N3O2S3/c1-3-15-30-22-24-20-19(21(27)26(22)17-11-7-8-12-18(17)28-2)31-23(29)25(20)14-13-16-9-5-4-6-10-16/h3-12H,1,13-15H2,2H3. The molecule has 4 rings (SSSR count). The van der Waals surface area contributed by atoms with Crippen LogP contribution in [-0.2, 0) is 13.0 Å². The van der Waals surface area contributed by atoms with E-state index in [4.69, 9.17) is 21.9 Å². The van der Waals surface area contributed by atoms with Crippen LogP contribution >= 0.6 is 35.3 Å². The SMILES string of the molecule is C=CCSc1nc2c(sc(=S)n2CCc2ccccc2)c(=O)n1-c1ccccc1OC. The zero-order valence-corrected chi connectivity index (χ0v) is 19.4. The van der Waals surface area contributed by atoms with Crippen LogP contribution in [0.1, 0.15) is 5.56 Å². The van der Waals surface area contributed by atoms with Crippen molar-refractivity contribution >= 4 is 45.7 Å². The number of para-hydroxylation sites is 2. The largest absolute Gasteiger partial charge is 0.495 e. The van der Waals surface area contributed by atoms with Crippen LogP contribution in [0.4, 0.5) is 0 Å². The minimum atomic E-state index is -0.143. The van der Waals surface area contributed by atoms with Crippen LogP contribution in [0.15, 0.2) is 77.2 Å². The van der Waals surface area contributed by atoms with E-state index in [1.807, 2.05) is 47.0 Å². The second-order valence-electron chi connectivity index (χ2n) is 6.71. The van der Waals surface area contributed by atoms with Crippen LogP contribution in [0.25, 0.3) is 16.0 Å². The van der Waals surface area contributed by atoms with Gasteiger partial charge in [-0.05, 0) is 36.3 Å². The molecule has 0 N–H and O–H groups in total. The Labute approximate surface area is 193 Å². The molecule has 0 saturated carbocycles. The van der Waals surface area contributed by atoms with Gasteiger partial charge in [0.25, 0.3) is 5.56 Å². The molecule has 5 nitrogen and oxygen atoms in total. The fraction of sp³-hybridized carbons (Fsp3) is 0.174. The van der Waals surface area contributed by atoms with Gasteiger partial charge >= 0.3 is 0 Å². The van der Waals surface area contributed by atoms with Crippen molar-refractivity contribution in [2.75, 3.05) is 12.9 Å². The van der Waals surface area contributed by atoms with Crippen molar-refractivity contribution in [2.45, 2.75) is 18.1 Å². The molecular weight excluding hydrogens is 446 g/mol. The highest BCUT2D eigenvalue weighted by molar-refractivity contribution is 7.99. The number of hydrogen-bond acceptors (Lipinski definition) is 6. The Hall–Kier alpha value is -2.68. The normalized spacial score (nSPS) is 11.0. The molecule has 31 heavy (non-hydrogen) atoms. The summed E-state index contributed by atoms with van der Waals surface area (Å²) < 4.78 is 10.3. The van der Waals surface area contributed by atoms with Crippen molar-refractivity contribution in [3.05, 3.63) is 87.1 Å². The molecule has 0 atom stereocenters. The Balaban J connectivity index is 1.88. The third-order valence-corrected chi connectivity index (χ3v) is 7.14. The van der Waals surface area contributed by atoms with Crippen LogP contribution in [0, 0.1) is 3.95 Å². The summed E-state index contributed by atoms with van der Waals surface area (Å²) in [5, 5.41) is 0.586. The van der Waals surface area contributed by atoms with Crippen LogP contribution in [0.5, 0.6) is 5.75 Å². The number of thiazole rings is 1. The quantitative estimate of drug-likeness (QED) is 0.148. The third kappa shape index (κ3) is 4.37. The molecule has 2 aromatic carbocycles. The van der Waals surface area contributed by atoms with E-state index in [-0.39, 0.29) is 5.56 Å². The molecule has 0 radical (unpaired) electrons. The average molecular weight is 468 g/mol. The van der Waals surface area contributed by atoms with Gasteiger partial charge in [0.15, 0.2) is 14.8 Å². The maximum atomic E-state index is 13.6. The molecule has 0 fully saturated rings. The first-order valence-corrected chi connectivity index (χ1v) is 11.9. The van der Waals surface area contributed by atoms with E-state index < -0.39 is 0 Å². The van der Waals surface area contributed by atoms with Gasteiger partial charge in [-0.2, -0.15) is 0 Å². The van der Waals surface area contributed by atoms with Crippen molar-refractivity contribution in [3.63, 3.8) is 0 Å². The van der Waals surface area contributed by atoms with Crippen LogP contribution in [-0.4, -0.2) is 27.0 Å². The van der Waals surface area contributed by atoms with E-state index in [0.717, 1.165) is 6.42 Å². The molecule has 2 aromatic heterocycles. The fourth-order valence-electron chi connectivity index (χ4n) is 3.32. The topological polar surface area (TPSA) is 49.0 Å². The highest BCUT2D eigenvalue weighted by Crippen LogP contribution is 2.29. The third-order valence-electron chi connectivity index (χ3n) is 4.78. The Kier molecular flexibility index (Phi) is 6.70. The van der Waals surface area contributed by atoms with Gasteiger partial charge in [-0.25, -0.2) is 4.98 Å². The second kappa shape index (κ2) is 9.64. The zero-order chi connectivity index (χ0) is 21.8. The van der Waals surface area contributed by atoms with Gasteiger partial charge in [0.1, 0.15) is 10.4 Å². The summed E-state index contributed by atoms with van der Waals surface area (Å²) in [7, 11) is 1.59. The second-order valence-corrected chi connectivity index (χ2v) is 9.35. The summed E-state index contributed by atoms with van der Waals surface area (Å²) >= 11 is 8.38. The van der Waals surface area contributed by atoms with Gasteiger partial charge in [0.2, 0.25) is 0 Å². The first kappa shape index (κ1) is 21.5. The summed E-state index contributed by atoms with van der Waals surface area (Å²) in [5.74, 6) is 1.24. The molecule has 0 saturated heterocycles. The van der Waals surface area contributed by atoms with E-state index in [1.165, 1.54) is 28.7 Å². The number of methoxy groups -OCH3 is 1. The lowest BCUT2D eigenvalue weighted by atomic mass is 10.1. The van der Waals surface area contributed by atoms with Gasteiger partial charge in [-0.15, -0.1) is 6.58 Å². The number of nitrogens with zero attached hydrogens (tertiary/aromatic N) is 3. The van der Waals surface area contributed by atoms with Crippen LogP contribution in [0.3, 0.4) is 0 Å². The summed E-state index contributed by atoms with van der Waals surface area (Å²) in [4.78, 5) is 18.5. The number of benzene rings is 2. The van der Waals surface area contributed by atoms with Crippen molar-refractivity contribution in [1.29, 1.82) is 0 Å². The number of aryl methyl sites for hydroxylation is 2. The van der Waals surface area contributed by atoms with E-state index in [9.17, 15) is 4.79 Å². The summed E-state index contributed by atoms with van der Waals surface area (Å²) in [6, 6.07) is 17.7. The first-order valence-electron chi connectivity index (χ1n) is 9.71. The average Bonchev–Trinajstić information content (AvgIpc) is 3.12. The number of hydrogen-bond donors (Lipinski definition) is 0. The Morgan fingerprint density at radius 1 is 1.19 bits per heavy atom.